The van der Waals surface area contributed by atoms with Crippen molar-refractivity contribution in [1.29, 1.82) is 0 Å². The number of anilines is 6. The average Bonchev–Trinajstić information content (AvgIpc) is 3.88. The summed E-state index contributed by atoms with van der Waals surface area (Å²) in [4.78, 5) is 47.2. The standard InChI is InChI=1S/2C20H25N7S/c1-14-23-18(12-19(24-14)27-10-6-16(7-11-27)26(2)3)25-20-22-13-17(28-20)15-4-8-21-9-5-15;1-14-23-18(11-19(24-14)27-9-6-16(7-10-27)26(2)3)25-20-22-13-17(28-20)15-5-4-8-21-12-15/h4-5,8-9,12-13,16H,6-7,10-11H2,1-3H3,(H,22,23,24,25);4-5,8,11-13,16H,6-7,9-10H2,1-3H3,(H,22,23,24,25). The molecule has 2 aliphatic heterocycles. The number of pyridine rings is 2. The fourth-order valence-electron chi connectivity index (χ4n) is 6.95. The molecule has 0 unspecified atom stereocenters. The number of hydrogen-bond donors (Lipinski definition) is 2. The van der Waals surface area contributed by atoms with Gasteiger partial charge in [-0.05, 0) is 91.5 Å². The third-order valence-electron chi connectivity index (χ3n) is 10.1. The van der Waals surface area contributed by atoms with E-state index in [4.69, 9.17) is 0 Å². The summed E-state index contributed by atoms with van der Waals surface area (Å²) in [5.41, 5.74) is 2.18. The summed E-state index contributed by atoms with van der Waals surface area (Å²) in [6.07, 6.45) is 15.6. The third-order valence-corrected chi connectivity index (χ3v) is 12.0. The van der Waals surface area contributed by atoms with Crippen molar-refractivity contribution >= 4 is 56.2 Å². The highest BCUT2D eigenvalue weighted by Gasteiger charge is 2.23. The van der Waals surface area contributed by atoms with Gasteiger partial charge in [0.25, 0.3) is 0 Å². The van der Waals surface area contributed by atoms with Crippen LogP contribution in [0.5, 0.6) is 0 Å². The Morgan fingerprint density at radius 2 is 1.07 bits per heavy atom. The first-order chi connectivity index (χ1) is 27.2. The van der Waals surface area contributed by atoms with Gasteiger partial charge in [0.05, 0.1) is 9.75 Å². The van der Waals surface area contributed by atoms with E-state index in [1.54, 1.807) is 41.3 Å². The lowest BCUT2D eigenvalue weighted by Crippen LogP contribution is -2.42. The molecule has 0 radical (unpaired) electrons. The van der Waals surface area contributed by atoms with Gasteiger partial charge < -0.3 is 30.2 Å². The zero-order valence-electron chi connectivity index (χ0n) is 32.9. The monoisotopic (exact) mass is 790 g/mol. The Morgan fingerprint density at radius 3 is 1.52 bits per heavy atom. The van der Waals surface area contributed by atoms with Gasteiger partial charge in [-0.1, -0.05) is 28.7 Å². The van der Waals surface area contributed by atoms with E-state index in [1.165, 1.54) is 0 Å². The lowest BCUT2D eigenvalue weighted by molar-refractivity contribution is 0.249. The Labute approximate surface area is 337 Å². The van der Waals surface area contributed by atoms with Gasteiger partial charge in [-0.15, -0.1) is 0 Å². The molecule has 16 heteroatoms. The second kappa shape index (κ2) is 18.2. The zero-order chi connectivity index (χ0) is 39.0. The fraction of sp³-hybridized carbons (Fsp3) is 0.400. The van der Waals surface area contributed by atoms with E-state index >= 15 is 0 Å². The van der Waals surface area contributed by atoms with E-state index in [1.807, 2.05) is 68.8 Å². The van der Waals surface area contributed by atoms with Crippen LogP contribution >= 0.6 is 22.7 Å². The Kier molecular flexibility index (Phi) is 12.7. The summed E-state index contributed by atoms with van der Waals surface area (Å²) in [6.45, 7) is 7.93. The zero-order valence-corrected chi connectivity index (χ0v) is 34.6. The van der Waals surface area contributed by atoms with Crippen molar-refractivity contribution in [2.45, 2.75) is 51.6 Å². The van der Waals surface area contributed by atoms with Crippen molar-refractivity contribution in [2.75, 3.05) is 74.8 Å². The molecule has 8 rings (SSSR count). The van der Waals surface area contributed by atoms with Crippen molar-refractivity contribution in [3.63, 3.8) is 0 Å². The third kappa shape index (κ3) is 10.2. The van der Waals surface area contributed by atoms with Crippen LogP contribution in [0.2, 0.25) is 0 Å². The van der Waals surface area contributed by atoms with Crippen molar-refractivity contribution in [3.8, 4) is 20.9 Å². The topological polar surface area (TPSA) is 140 Å². The van der Waals surface area contributed by atoms with Crippen LogP contribution in [0.3, 0.4) is 0 Å². The number of thiazole rings is 2. The van der Waals surface area contributed by atoms with Gasteiger partial charge in [-0.2, -0.15) is 0 Å². The van der Waals surface area contributed by atoms with Gasteiger partial charge in [0.1, 0.15) is 34.9 Å². The lowest BCUT2D eigenvalue weighted by atomic mass is 10.0. The van der Waals surface area contributed by atoms with E-state index in [-0.39, 0.29) is 0 Å². The quantitative estimate of drug-likeness (QED) is 0.145. The molecular weight excluding hydrogens is 741 g/mol. The van der Waals surface area contributed by atoms with E-state index < -0.39 is 0 Å². The summed E-state index contributed by atoms with van der Waals surface area (Å²) in [6, 6.07) is 13.3. The minimum Gasteiger partial charge on any atom is -0.356 e. The predicted octanol–water partition coefficient (Wildman–Crippen LogP) is 7.16. The van der Waals surface area contributed by atoms with E-state index in [0.29, 0.717) is 12.1 Å². The van der Waals surface area contributed by atoms with Gasteiger partial charge in [-0.25, -0.2) is 29.9 Å². The van der Waals surface area contributed by atoms with E-state index in [9.17, 15) is 0 Å². The SMILES string of the molecule is Cc1nc(Nc2ncc(-c3cccnc3)s2)cc(N2CCC(N(C)C)CC2)n1.Cc1nc(Nc2ncc(-c3ccncc3)s2)cc(N2CCC(N(C)C)CC2)n1. The Hall–Kier alpha value is -5.16. The van der Waals surface area contributed by atoms with Gasteiger partial charge in [0, 0.05) is 93.1 Å². The highest BCUT2D eigenvalue weighted by atomic mass is 32.1. The maximum atomic E-state index is 4.66. The second-order valence-corrected chi connectivity index (χ2v) is 16.5. The number of aromatic nitrogens is 8. The molecule has 0 aromatic carbocycles. The van der Waals surface area contributed by atoms with Crippen LogP contribution in [0.4, 0.5) is 33.5 Å². The molecule has 6 aromatic heterocycles. The van der Waals surface area contributed by atoms with Crippen LogP contribution in [0.15, 0.2) is 73.6 Å². The van der Waals surface area contributed by atoms with Crippen molar-refractivity contribution in [3.05, 3.63) is 85.2 Å². The normalized spacial score (nSPS) is 15.2. The Morgan fingerprint density at radius 1 is 0.589 bits per heavy atom. The van der Waals surface area contributed by atoms with Crippen LogP contribution < -0.4 is 20.4 Å². The molecule has 8 heterocycles. The van der Waals surface area contributed by atoms with Crippen molar-refractivity contribution < 1.29 is 0 Å². The van der Waals surface area contributed by atoms with E-state index in [0.717, 1.165) is 118 Å². The number of hydrogen-bond acceptors (Lipinski definition) is 16. The predicted molar refractivity (Wildman–Crippen MR) is 229 cm³/mol. The maximum absolute atomic E-state index is 4.66. The van der Waals surface area contributed by atoms with E-state index in [2.05, 4.69) is 98.3 Å². The summed E-state index contributed by atoms with van der Waals surface area (Å²) in [5.74, 6) is 5.06. The number of nitrogens with one attached hydrogen (secondary N) is 2. The van der Waals surface area contributed by atoms with Crippen LogP contribution in [0.1, 0.15) is 37.3 Å². The highest BCUT2D eigenvalue weighted by Crippen LogP contribution is 2.32. The molecule has 2 aliphatic rings. The number of nitrogens with zero attached hydrogens (tertiary/aromatic N) is 12. The molecule has 2 fully saturated rings. The largest absolute Gasteiger partial charge is 0.356 e. The van der Waals surface area contributed by atoms with Gasteiger partial charge in [0.15, 0.2) is 10.3 Å². The molecule has 14 nitrogen and oxygen atoms in total. The molecule has 0 bridgehead atoms. The average molecular weight is 791 g/mol. The number of aryl methyl sites for hydroxylation is 2. The van der Waals surface area contributed by atoms with Gasteiger partial charge in [-0.3, -0.25) is 9.97 Å². The molecule has 2 N–H and O–H groups in total. The molecule has 292 valence electrons. The minimum absolute atomic E-state index is 0.651. The van der Waals surface area contributed by atoms with Crippen molar-refractivity contribution in [2.24, 2.45) is 0 Å². The minimum atomic E-state index is 0.651. The summed E-state index contributed by atoms with van der Waals surface area (Å²) >= 11 is 3.19. The van der Waals surface area contributed by atoms with Crippen LogP contribution in [-0.2, 0) is 0 Å². The second-order valence-electron chi connectivity index (χ2n) is 14.5. The van der Waals surface area contributed by atoms with Gasteiger partial charge in [0.2, 0.25) is 0 Å². The summed E-state index contributed by atoms with van der Waals surface area (Å²) in [5, 5.41) is 8.33. The van der Waals surface area contributed by atoms with Crippen LogP contribution in [0, 0.1) is 13.8 Å². The molecular formula is C40H50N14S2. The van der Waals surface area contributed by atoms with Gasteiger partial charge >= 0.3 is 0 Å². The van der Waals surface area contributed by atoms with Crippen LogP contribution in [-0.4, -0.2) is 116 Å². The summed E-state index contributed by atoms with van der Waals surface area (Å²) in [7, 11) is 8.63. The molecule has 0 spiro atoms. The number of rotatable bonds is 10. The summed E-state index contributed by atoms with van der Waals surface area (Å²) < 4.78 is 0. The smallest absolute Gasteiger partial charge is 0.188 e. The molecule has 6 aromatic rings. The molecule has 0 saturated carbocycles. The van der Waals surface area contributed by atoms with Crippen molar-refractivity contribution in [1.82, 2.24) is 49.7 Å². The molecule has 0 aliphatic carbocycles. The first-order valence-electron chi connectivity index (χ1n) is 19.0. The first kappa shape index (κ1) is 39.1. The maximum Gasteiger partial charge on any atom is 0.188 e. The molecule has 56 heavy (non-hydrogen) atoms. The Bertz CT molecular complexity index is 1990. The first-order valence-corrected chi connectivity index (χ1v) is 20.6. The molecule has 0 atom stereocenters. The number of piperidine rings is 2. The Balaban J connectivity index is 0.000000172. The highest BCUT2D eigenvalue weighted by molar-refractivity contribution is 7.19. The van der Waals surface area contributed by atoms with Crippen LogP contribution in [0.25, 0.3) is 20.9 Å². The molecule has 0 amide bonds. The molecule has 2 saturated heterocycles. The fourth-order valence-corrected chi connectivity index (χ4v) is 8.60. The lowest BCUT2D eigenvalue weighted by Gasteiger charge is -2.35.